The first-order chi connectivity index (χ1) is 35.2. The molecule has 0 saturated carbocycles. The average molecular weight is 1640 g/mol. The summed E-state index contributed by atoms with van der Waals surface area (Å²) in [5, 5.41) is 122. The fraction of sp³-hybridized carbons (Fsp3) is 0.482. The van der Waals surface area contributed by atoms with Crippen molar-refractivity contribution in [1.29, 1.82) is 32.5 Å². The second-order valence-electron chi connectivity index (χ2n) is 16.4. The molecule has 0 saturated heterocycles. The minimum Gasteiger partial charge on any atom is -0.390 e. The van der Waals surface area contributed by atoms with E-state index in [4.69, 9.17) is 68.2 Å². The SMILES string of the molecule is C=CC(=N)C(C)O.C=CC(=N)C(O)C=C.C=CC(=N)C(O)CC.C=CC(=N)C(O)[Si](C)(C)C.C=CC(=N)C(O)[Si](CC)(CC)CC.C=CC(=N)CO.C=CC(=NC)C(C)O.C=CC(=NC)C(O)CC.C=CC(CO)=NC.[Co].[Co].[Co].[Co].[Co].[Co].[Co].[Co].[Co]. The van der Waals surface area contributed by atoms with E-state index >= 15 is 0 Å². The molecule has 517 valence electrons. The predicted octanol–water partition coefficient (Wildman–Crippen LogP) is 8.34. The quantitative estimate of drug-likeness (QED) is 0.0224. The summed E-state index contributed by atoms with van der Waals surface area (Å²) in [6.45, 7) is 53.0. The molecule has 0 amide bonds. The molecule has 85 heavy (non-hydrogen) atoms. The van der Waals surface area contributed by atoms with Crippen LogP contribution in [0.25, 0.3) is 0 Å². The third-order valence-corrected chi connectivity index (χ3v) is 17.8. The molecular formula is C56H105Co9N9O9Si2. The van der Waals surface area contributed by atoms with Crippen molar-refractivity contribution in [3.8, 4) is 0 Å². The Morgan fingerprint density at radius 2 is 0.741 bits per heavy atom. The van der Waals surface area contributed by atoms with Gasteiger partial charge in [-0.05, 0) is 81.4 Å². The summed E-state index contributed by atoms with van der Waals surface area (Å²) < 4.78 is 0. The number of rotatable bonds is 26. The van der Waals surface area contributed by atoms with Gasteiger partial charge in [0.25, 0.3) is 0 Å². The van der Waals surface area contributed by atoms with Crippen molar-refractivity contribution in [2.24, 2.45) is 15.0 Å². The number of aliphatic hydroxyl groups excluding tert-OH is 9. The summed E-state index contributed by atoms with van der Waals surface area (Å²) in [5.41, 5.74) is 2.00. The van der Waals surface area contributed by atoms with Crippen LogP contribution in [0.4, 0.5) is 0 Å². The number of hydrogen-bond donors (Lipinski definition) is 15. The molecule has 0 aromatic heterocycles. The van der Waals surface area contributed by atoms with E-state index in [0.717, 1.165) is 18.1 Å². The number of hydrogen-bond acceptors (Lipinski definition) is 18. The molecule has 18 nitrogen and oxygen atoms in total. The maximum Gasteiger partial charge on any atom is 0.113 e. The monoisotopic (exact) mass is 1630 g/mol. The van der Waals surface area contributed by atoms with Crippen molar-refractivity contribution in [3.05, 3.63) is 127 Å². The molecule has 0 aliphatic heterocycles. The molecular weight excluding hydrogens is 1530 g/mol. The Balaban J connectivity index is -0.0000000369. The maximum atomic E-state index is 9.99. The molecule has 7 unspecified atom stereocenters. The van der Waals surface area contributed by atoms with Crippen LogP contribution in [0.2, 0.25) is 37.8 Å². The van der Waals surface area contributed by atoms with Gasteiger partial charge in [-0.3, -0.25) is 15.0 Å². The van der Waals surface area contributed by atoms with E-state index in [1.54, 1.807) is 40.2 Å². The van der Waals surface area contributed by atoms with E-state index in [0.29, 0.717) is 35.7 Å². The molecule has 0 aliphatic carbocycles. The van der Waals surface area contributed by atoms with Gasteiger partial charge in [-0.2, -0.15) is 0 Å². The first-order valence-corrected chi connectivity index (χ1v) is 30.6. The van der Waals surface area contributed by atoms with E-state index in [2.05, 4.69) is 102 Å². The zero-order valence-corrected chi connectivity index (χ0v) is 63.1. The maximum absolute atomic E-state index is 9.99. The van der Waals surface area contributed by atoms with E-state index in [9.17, 15) is 10.2 Å². The Labute approximate surface area is 608 Å². The minimum absolute atomic E-state index is 0. The molecule has 0 aromatic rings. The van der Waals surface area contributed by atoms with Crippen molar-refractivity contribution in [1.82, 2.24) is 0 Å². The van der Waals surface area contributed by atoms with Crippen LogP contribution in [0.5, 0.6) is 0 Å². The third-order valence-electron chi connectivity index (χ3n) is 10.1. The standard InChI is InChI=1S/C10H21NOSi.C7H15NOSi.C7H13NO.2C6H11NO.C6H9NO.2C5H9NO.C4H7NO.9Co/c1-5-9(11)10(12)13(6-2,7-3)8-4;1-5-6(8)7(9)10(2,3)4;1-4-6(8-3)7(9)5-2;1-4-6(7-3)5(2)8;2*1-3-5(7)6(8)4-2;1-3-5(4-7)6-2;1-3-5(6)4(2)7;1-2-4(5)3-6;;;;;;;;;/h5,10-12H,1,6-8H2,2-4H3;5,7-9H,1H2,2-4H3;4,7,9H,1,5H2,2-3H3;4-5,8H,1H2,2-3H3;3,6-8H,1,4H2,2H3;3-4,6-8H,1-2H2;3,7H,1,4H2,2H3;3-4,6-7H,1H2,2H3;2,5-6H,1,3H2;;;;;;;;;. The summed E-state index contributed by atoms with van der Waals surface area (Å²) in [6.07, 6.45) is 12.3. The average Bonchev–Trinajstić information content (AvgIpc) is 3.43. The van der Waals surface area contributed by atoms with E-state index < -0.39 is 58.1 Å². The van der Waals surface area contributed by atoms with Gasteiger partial charge in [0, 0.05) is 172 Å². The summed E-state index contributed by atoms with van der Waals surface area (Å²) in [5.74, 6) is 0. The first kappa shape index (κ1) is 133. The van der Waals surface area contributed by atoms with Crippen molar-refractivity contribution >= 4 is 67.6 Å². The molecule has 0 rings (SSSR count). The van der Waals surface area contributed by atoms with Crippen LogP contribution in [-0.4, -0.2) is 190 Å². The molecule has 29 heteroatoms. The minimum atomic E-state index is -1.65. The van der Waals surface area contributed by atoms with Gasteiger partial charge < -0.3 is 78.4 Å². The zero-order chi connectivity index (χ0) is 62.4. The van der Waals surface area contributed by atoms with Crippen molar-refractivity contribution in [3.63, 3.8) is 0 Å². The van der Waals surface area contributed by atoms with E-state index in [1.807, 2.05) is 33.5 Å². The third kappa shape index (κ3) is 81.1. The molecule has 0 heterocycles. The van der Waals surface area contributed by atoms with Crippen LogP contribution < -0.4 is 0 Å². The van der Waals surface area contributed by atoms with Gasteiger partial charge in [0.15, 0.2) is 0 Å². The van der Waals surface area contributed by atoms with Crippen LogP contribution >= 0.6 is 0 Å². The second-order valence-corrected chi connectivity index (χ2v) is 27.1. The van der Waals surface area contributed by atoms with Gasteiger partial charge in [-0.1, -0.05) is 138 Å². The fourth-order valence-electron chi connectivity index (χ4n) is 4.45. The van der Waals surface area contributed by atoms with Gasteiger partial charge in [0.2, 0.25) is 0 Å². The summed E-state index contributed by atoms with van der Waals surface area (Å²) in [7, 11) is 1.67. The Kier molecular flexibility index (Phi) is 140. The van der Waals surface area contributed by atoms with Crippen LogP contribution in [0, 0.1) is 32.5 Å². The molecule has 0 aliphatic rings. The van der Waals surface area contributed by atoms with Gasteiger partial charge in [-0.15, -0.1) is 6.58 Å². The largest absolute Gasteiger partial charge is 0.390 e. The summed E-state index contributed by atoms with van der Waals surface area (Å²) >= 11 is 0. The molecule has 9 radical (unpaired) electrons. The normalized spacial score (nSPS) is 11.8. The first-order valence-electron chi connectivity index (χ1n) is 24.3. The van der Waals surface area contributed by atoms with Crippen molar-refractivity contribution in [2.45, 2.75) is 141 Å². The van der Waals surface area contributed by atoms with E-state index in [-0.39, 0.29) is 193 Å². The van der Waals surface area contributed by atoms with Crippen LogP contribution in [0.15, 0.2) is 142 Å². The van der Waals surface area contributed by atoms with Gasteiger partial charge >= 0.3 is 0 Å². The van der Waals surface area contributed by atoms with Crippen LogP contribution in [0.3, 0.4) is 0 Å². The summed E-state index contributed by atoms with van der Waals surface area (Å²) in [4.78, 5) is 11.3. The molecule has 0 aromatic carbocycles. The van der Waals surface area contributed by atoms with E-state index in [1.165, 1.54) is 55.5 Å². The Hall–Kier alpha value is -0.938. The number of nitrogens with zero attached hydrogens (tertiary/aromatic N) is 3. The Bertz CT molecular complexity index is 1870. The second kappa shape index (κ2) is 89.5. The van der Waals surface area contributed by atoms with Gasteiger partial charge in [0.05, 0.1) is 117 Å². The molecule has 7 atom stereocenters. The van der Waals surface area contributed by atoms with Crippen LogP contribution in [0.1, 0.15) is 61.3 Å². The molecule has 0 fully saturated rings. The Morgan fingerprint density at radius 3 is 0.824 bits per heavy atom. The van der Waals surface area contributed by atoms with Gasteiger partial charge in [0.1, 0.15) is 6.10 Å². The fourth-order valence-corrected chi connectivity index (χ4v) is 8.94. The van der Waals surface area contributed by atoms with Crippen molar-refractivity contribution in [2.75, 3.05) is 34.4 Å². The Morgan fingerprint density at radius 1 is 0.412 bits per heavy atom. The number of aliphatic hydroxyl groups is 9. The smallest absolute Gasteiger partial charge is 0.113 e. The van der Waals surface area contributed by atoms with Crippen molar-refractivity contribution < 1.29 is 197 Å². The molecule has 0 bridgehead atoms. The van der Waals surface area contributed by atoms with Crippen LogP contribution in [-0.2, 0) is 151 Å². The summed E-state index contributed by atoms with van der Waals surface area (Å²) in [6, 6.07) is 3.12. The molecule has 0 spiro atoms. The molecule has 15 N–H and O–H groups in total. The number of nitrogens with one attached hydrogen (secondary N) is 6. The topological polar surface area (TPSA) is 362 Å². The predicted molar refractivity (Wildman–Crippen MR) is 337 cm³/mol. The zero-order valence-electron chi connectivity index (χ0n) is 51.7. The van der Waals surface area contributed by atoms with Gasteiger partial charge in [-0.25, -0.2) is 0 Å². The number of aliphatic imine (C=N–C) groups is 3.